The third kappa shape index (κ3) is 4.53. The summed E-state index contributed by atoms with van der Waals surface area (Å²) in [6, 6.07) is 14.3. The number of nitrogens with one attached hydrogen (secondary N) is 1. The van der Waals surface area contributed by atoms with Gasteiger partial charge in [-0.05, 0) is 49.6 Å². The summed E-state index contributed by atoms with van der Waals surface area (Å²) in [5.74, 6) is -0.0340. The predicted octanol–water partition coefficient (Wildman–Crippen LogP) is 3.00. The molecule has 1 fully saturated rings. The number of nitriles is 1. The van der Waals surface area contributed by atoms with Gasteiger partial charge in [0.15, 0.2) is 0 Å². The number of pyridine rings is 1. The molecule has 8 nitrogen and oxygen atoms in total. The quantitative estimate of drug-likeness (QED) is 0.476. The van der Waals surface area contributed by atoms with Gasteiger partial charge in [-0.3, -0.25) is 14.0 Å². The lowest BCUT2D eigenvalue weighted by Gasteiger charge is -2.12. The highest BCUT2D eigenvalue weighted by atomic mass is 16.5. The highest BCUT2D eigenvalue weighted by molar-refractivity contribution is 6.01. The number of carbonyl (C=O) groups excluding carboxylic acids is 1. The van der Waals surface area contributed by atoms with Crippen LogP contribution in [-0.2, 0) is 9.53 Å². The number of aryl methyl sites for hydroxylation is 1. The lowest BCUT2D eigenvalue weighted by atomic mass is 10.1. The van der Waals surface area contributed by atoms with Gasteiger partial charge >= 0.3 is 0 Å². The SMILES string of the molecule is Cc1ccccc1Oc1nc2ccccn2c(=O)c1C=C(C#N)C(=O)NCC1CCCO1. The van der Waals surface area contributed by atoms with Crippen molar-refractivity contribution in [1.29, 1.82) is 5.26 Å². The van der Waals surface area contributed by atoms with Crippen molar-refractivity contribution in [3.8, 4) is 17.7 Å². The van der Waals surface area contributed by atoms with E-state index in [2.05, 4.69) is 10.3 Å². The van der Waals surface area contributed by atoms with Crippen molar-refractivity contribution in [2.24, 2.45) is 0 Å². The molecule has 0 aliphatic carbocycles. The van der Waals surface area contributed by atoms with Crippen molar-refractivity contribution in [2.45, 2.75) is 25.9 Å². The largest absolute Gasteiger partial charge is 0.438 e. The molecule has 0 radical (unpaired) electrons. The Hall–Kier alpha value is -3.96. The lowest BCUT2D eigenvalue weighted by molar-refractivity contribution is -0.117. The first-order valence-electron chi connectivity index (χ1n) is 10.3. The van der Waals surface area contributed by atoms with Crippen molar-refractivity contribution in [1.82, 2.24) is 14.7 Å². The van der Waals surface area contributed by atoms with Crippen LogP contribution in [0.25, 0.3) is 11.7 Å². The van der Waals surface area contributed by atoms with Gasteiger partial charge in [-0.25, -0.2) is 0 Å². The Kier molecular flexibility index (Phi) is 6.29. The molecule has 32 heavy (non-hydrogen) atoms. The van der Waals surface area contributed by atoms with Crippen LogP contribution in [0.1, 0.15) is 24.0 Å². The smallest absolute Gasteiger partial charge is 0.269 e. The molecule has 2 aromatic heterocycles. The van der Waals surface area contributed by atoms with Crippen LogP contribution in [0.15, 0.2) is 59.0 Å². The van der Waals surface area contributed by atoms with E-state index >= 15 is 0 Å². The molecule has 1 aromatic carbocycles. The van der Waals surface area contributed by atoms with Crippen LogP contribution in [0.2, 0.25) is 0 Å². The predicted molar refractivity (Wildman–Crippen MR) is 118 cm³/mol. The molecule has 1 amide bonds. The number of para-hydroxylation sites is 1. The number of carbonyl (C=O) groups is 1. The van der Waals surface area contributed by atoms with Gasteiger partial charge in [0, 0.05) is 19.3 Å². The number of hydrogen-bond acceptors (Lipinski definition) is 6. The first kappa shape index (κ1) is 21.3. The monoisotopic (exact) mass is 430 g/mol. The number of hydrogen-bond donors (Lipinski definition) is 1. The molecule has 1 saturated heterocycles. The van der Waals surface area contributed by atoms with E-state index < -0.39 is 11.5 Å². The zero-order chi connectivity index (χ0) is 22.5. The number of aromatic nitrogens is 2. The summed E-state index contributed by atoms with van der Waals surface area (Å²) in [7, 11) is 0. The van der Waals surface area contributed by atoms with Crippen LogP contribution in [0, 0.1) is 18.3 Å². The second-order valence-electron chi connectivity index (χ2n) is 7.45. The number of fused-ring (bicyclic) bond motifs is 1. The summed E-state index contributed by atoms with van der Waals surface area (Å²) >= 11 is 0. The molecule has 3 heterocycles. The van der Waals surface area contributed by atoms with Crippen LogP contribution in [0.5, 0.6) is 11.6 Å². The summed E-state index contributed by atoms with van der Waals surface area (Å²) in [6.45, 7) is 2.85. The number of benzene rings is 1. The molecule has 1 atom stereocenters. The van der Waals surface area contributed by atoms with E-state index in [0.717, 1.165) is 18.4 Å². The van der Waals surface area contributed by atoms with Gasteiger partial charge in [-0.2, -0.15) is 10.2 Å². The third-order valence-electron chi connectivity index (χ3n) is 5.20. The average molecular weight is 430 g/mol. The number of amides is 1. The van der Waals surface area contributed by atoms with Crippen molar-refractivity contribution < 1.29 is 14.3 Å². The molecule has 0 bridgehead atoms. The Bertz CT molecular complexity index is 1280. The van der Waals surface area contributed by atoms with Gasteiger partial charge in [0.1, 0.15) is 28.6 Å². The summed E-state index contributed by atoms with van der Waals surface area (Å²) in [5.41, 5.74) is 0.596. The minimum Gasteiger partial charge on any atom is -0.438 e. The maximum Gasteiger partial charge on any atom is 0.269 e. The number of nitrogens with zero attached hydrogens (tertiary/aromatic N) is 3. The Morgan fingerprint density at radius 2 is 2.16 bits per heavy atom. The maximum absolute atomic E-state index is 13.2. The van der Waals surface area contributed by atoms with E-state index in [-0.39, 0.29) is 23.1 Å². The molecular formula is C24H22N4O4. The third-order valence-corrected chi connectivity index (χ3v) is 5.20. The molecule has 0 saturated carbocycles. The van der Waals surface area contributed by atoms with E-state index in [9.17, 15) is 14.9 Å². The zero-order valence-corrected chi connectivity index (χ0v) is 17.6. The molecular weight excluding hydrogens is 408 g/mol. The second-order valence-corrected chi connectivity index (χ2v) is 7.45. The van der Waals surface area contributed by atoms with E-state index in [4.69, 9.17) is 9.47 Å². The van der Waals surface area contributed by atoms with E-state index in [1.54, 1.807) is 30.5 Å². The normalized spacial score (nSPS) is 16.0. The number of ether oxygens (including phenoxy) is 2. The number of rotatable bonds is 6. The first-order valence-corrected chi connectivity index (χ1v) is 10.3. The van der Waals surface area contributed by atoms with Crippen LogP contribution in [0.3, 0.4) is 0 Å². The second kappa shape index (κ2) is 9.45. The average Bonchev–Trinajstić information content (AvgIpc) is 3.33. The summed E-state index contributed by atoms with van der Waals surface area (Å²) in [6.07, 6.45) is 4.54. The lowest BCUT2D eigenvalue weighted by Crippen LogP contribution is -2.32. The van der Waals surface area contributed by atoms with Gasteiger partial charge in [0.25, 0.3) is 11.5 Å². The molecule has 1 unspecified atom stereocenters. The topological polar surface area (TPSA) is 106 Å². The van der Waals surface area contributed by atoms with E-state index in [1.807, 2.05) is 31.2 Å². The minimum absolute atomic E-state index is 0.0146. The fourth-order valence-corrected chi connectivity index (χ4v) is 3.46. The highest BCUT2D eigenvalue weighted by Crippen LogP contribution is 2.26. The van der Waals surface area contributed by atoms with E-state index in [0.29, 0.717) is 24.5 Å². The van der Waals surface area contributed by atoms with Gasteiger partial charge in [0.05, 0.1) is 6.10 Å². The van der Waals surface area contributed by atoms with Gasteiger partial charge in [-0.15, -0.1) is 0 Å². The van der Waals surface area contributed by atoms with Crippen molar-refractivity contribution in [2.75, 3.05) is 13.2 Å². The van der Waals surface area contributed by atoms with Gasteiger partial charge in [-0.1, -0.05) is 24.3 Å². The van der Waals surface area contributed by atoms with Gasteiger partial charge < -0.3 is 14.8 Å². The fourth-order valence-electron chi connectivity index (χ4n) is 3.46. The Labute approximate surface area is 184 Å². The van der Waals surface area contributed by atoms with E-state index in [1.165, 1.54) is 10.5 Å². The molecule has 1 aliphatic rings. The summed E-state index contributed by atoms with van der Waals surface area (Å²) in [5, 5.41) is 12.3. The van der Waals surface area contributed by atoms with Crippen LogP contribution in [-0.4, -0.2) is 34.5 Å². The molecule has 1 N–H and O–H groups in total. The van der Waals surface area contributed by atoms with Crippen molar-refractivity contribution in [3.05, 3.63) is 75.7 Å². The molecule has 162 valence electrons. The standard InChI is InChI=1S/C24H22N4O4/c1-16-7-2-3-9-20(16)32-23-19(24(30)28-11-5-4-10-21(28)27-23)13-17(14-25)22(29)26-15-18-8-6-12-31-18/h2-5,7,9-11,13,18H,6,8,12,15H2,1H3,(H,26,29). The summed E-state index contributed by atoms with van der Waals surface area (Å²) in [4.78, 5) is 30.3. The highest BCUT2D eigenvalue weighted by Gasteiger charge is 2.20. The van der Waals surface area contributed by atoms with Crippen LogP contribution < -0.4 is 15.6 Å². The fraction of sp³-hybridized carbons (Fsp3) is 0.250. The molecule has 3 aromatic rings. The Balaban J connectivity index is 1.74. The first-order chi connectivity index (χ1) is 15.6. The Morgan fingerprint density at radius 1 is 1.34 bits per heavy atom. The van der Waals surface area contributed by atoms with Gasteiger partial charge in [0.2, 0.25) is 5.88 Å². The maximum atomic E-state index is 13.2. The van der Waals surface area contributed by atoms with Crippen LogP contribution >= 0.6 is 0 Å². The molecule has 8 heteroatoms. The zero-order valence-electron chi connectivity index (χ0n) is 17.6. The summed E-state index contributed by atoms with van der Waals surface area (Å²) < 4.78 is 12.8. The Morgan fingerprint density at radius 3 is 2.91 bits per heavy atom. The molecule has 0 spiro atoms. The minimum atomic E-state index is -0.581. The molecule has 1 aliphatic heterocycles. The van der Waals surface area contributed by atoms with Crippen molar-refractivity contribution in [3.63, 3.8) is 0 Å². The molecule has 4 rings (SSSR count). The van der Waals surface area contributed by atoms with Crippen LogP contribution in [0.4, 0.5) is 0 Å². The van der Waals surface area contributed by atoms with Crippen molar-refractivity contribution >= 4 is 17.6 Å².